The first-order valence-electron chi connectivity index (χ1n) is 10.9. The van der Waals surface area contributed by atoms with Gasteiger partial charge in [0.25, 0.3) is 0 Å². The Kier molecular flexibility index (Phi) is 7.57. The molecule has 35 heavy (non-hydrogen) atoms. The van der Waals surface area contributed by atoms with E-state index in [4.69, 9.17) is 20.6 Å². The number of amides is 1. The number of hydrogen-bond acceptors (Lipinski definition) is 5. The molecule has 0 unspecified atom stereocenters. The Hall–Kier alpha value is -3.98. The molecule has 1 heterocycles. The average Bonchev–Trinajstić information content (AvgIpc) is 3.33. The molecule has 0 saturated heterocycles. The highest BCUT2D eigenvalue weighted by molar-refractivity contribution is 7.99. The monoisotopic (exact) mass is 492 g/mol. The van der Waals surface area contributed by atoms with E-state index in [9.17, 15) is 4.79 Å². The third-order valence-electron chi connectivity index (χ3n) is 5.27. The molecule has 1 aromatic heterocycles. The van der Waals surface area contributed by atoms with Crippen LogP contribution in [0.4, 0.5) is 9.18 Å². The Balaban J connectivity index is 1.46. The number of amidine groups is 1. The fourth-order valence-corrected chi connectivity index (χ4v) is 4.58. The fourth-order valence-electron chi connectivity index (χ4n) is 3.41. The molecule has 0 aliphatic rings. The summed E-state index contributed by atoms with van der Waals surface area (Å²) in [6.07, 6.45) is 1.31. The zero-order valence-electron chi connectivity index (χ0n) is 19.1. The number of halogens is 1. The van der Waals surface area contributed by atoms with Crippen molar-refractivity contribution in [2.45, 2.75) is 11.5 Å². The fraction of sp³-hybridized carbons (Fsp3) is 0.154. The number of fused-ring (bicyclic) bond motifs is 1. The molecular formula is C26H25FN4O3S. The predicted molar refractivity (Wildman–Crippen MR) is 136 cm³/mol. The van der Waals surface area contributed by atoms with E-state index in [1.165, 1.54) is 22.7 Å². The predicted octanol–water partition coefficient (Wildman–Crippen LogP) is 5.74. The molecule has 4 N–H and O–H groups in total. The van der Waals surface area contributed by atoms with Crippen LogP contribution in [0.25, 0.3) is 10.9 Å². The van der Waals surface area contributed by atoms with Crippen LogP contribution in [0.5, 0.6) is 11.5 Å². The van der Waals surface area contributed by atoms with Crippen LogP contribution in [0.15, 0.2) is 77.8 Å². The van der Waals surface area contributed by atoms with Crippen molar-refractivity contribution in [3.63, 3.8) is 0 Å². The van der Waals surface area contributed by atoms with Crippen LogP contribution in [0.1, 0.15) is 11.1 Å². The van der Waals surface area contributed by atoms with Gasteiger partial charge in [-0.2, -0.15) is 0 Å². The Morgan fingerprint density at radius 1 is 1.14 bits per heavy atom. The highest BCUT2D eigenvalue weighted by atomic mass is 32.2. The number of carbonyl (C=O) groups excluding carboxylic acids is 1. The summed E-state index contributed by atoms with van der Waals surface area (Å²) in [5.74, 6) is 0.317. The number of aromatic nitrogens is 1. The minimum atomic E-state index is -0.522. The van der Waals surface area contributed by atoms with E-state index in [1.807, 2.05) is 36.4 Å². The quantitative estimate of drug-likeness (QED) is 0.157. The normalized spacial score (nSPS) is 10.8. The first-order chi connectivity index (χ1) is 16.9. The van der Waals surface area contributed by atoms with Gasteiger partial charge in [-0.1, -0.05) is 42.5 Å². The highest BCUT2D eigenvalue weighted by Gasteiger charge is 2.19. The average molecular weight is 493 g/mol. The molecule has 0 aliphatic carbocycles. The van der Waals surface area contributed by atoms with E-state index < -0.39 is 11.9 Å². The second-order valence-corrected chi connectivity index (χ2v) is 8.91. The van der Waals surface area contributed by atoms with Crippen molar-refractivity contribution < 1.29 is 18.7 Å². The zero-order valence-corrected chi connectivity index (χ0v) is 19.9. The molecule has 3 aromatic carbocycles. The van der Waals surface area contributed by atoms with E-state index in [1.54, 1.807) is 37.5 Å². The Morgan fingerprint density at radius 2 is 1.94 bits per heavy atom. The standard InChI is InChI=1S/C26H25FN4O3S/c1-31(26(32)33-16-17-6-3-2-4-7-17)12-13-35-24-20-10-11-30-22(20)15-21(27)23(24)34-19-9-5-8-18(14-19)25(28)29/h2-11,14-15,30H,12-13,16H2,1H3,(H3,28,29). The van der Waals surface area contributed by atoms with Gasteiger partial charge in [-0.15, -0.1) is 11.8 Å². The van der Waals surface area contributed by atoms with Crippen molar-refractivity contribution in [2.24, 2.45) is 5.73 Å². The smallest absolute Gasteiger partial charge is 0.409 e. The second kappa shape index (κ2) is 11.0. The van der Waals surface area contributed by atoms with Gasteiger partial charge in [-0.25, -0.2) is 9.18 Å². The minimum absolute atomic E-state index is 0.0807. The third-order valence-corrected chi connectivity index (χ3v) is 6.35. The Labute approximate surface area is 206 Å². The maximum absolute atomic E-state index is 15.1. The summed E-state index contributed by atoms with van der Waals surface area (Å²) in [7, 11) is 1.66. The Morgan fingerprint density at radius 3 is 2.71 bits per heavy atom. The van der Waals surface area contributed by atoms with Crippen LogP contribution >= 0.6 is 11.8 Å². The third kappa shape index (κ3) is 5.93. The van der Waals surface area contributed by atoms with Gasteiger partial charge in [-0.3, -0.25) is 5.41 Å². The molecule has 0 spiro atoms. The summed E-state index contributed by atoms with van der Waals surface area (Å²) in [5, 5.41) is 8.43. The van der Waals surface area contributed by atoms with E-state index in [0.29, 0.717) is 34.0 Å². The maximum atomic E-state index is 15.1. The van der Waals surface area contributed by atoms with E-state index >= 15 is 4.39 Å². The number of nitrogen functional groups attached to an aromatic ring is 1. The molecule has 180 valence electrons. The maximum Gasteiger partial charge on any atom is 0.409 e. The molecule has 4 aromatic rings. The van der Waals surface area contributed by atoms with Gasteiger partial charge in [0.15, 0.2) is 11.6 Å². The van der Waals surface area contributed by atoms with Gasteiger partial charge in [0.2, 0.25) is 0 Å². The van der Waals surface area contributed by atoms with Gasteiger partial charge in [0.1, 0.15) is 18.2 Å². The SMILES string of the molecule is CN(CCSc1c(Oc2cccc(C(=N)N)c2)c(F)cc2[nH]ccc12)C(=O)OCc1ccccc1. The molecule has 7 nitrogen and oxygen atoms in total. The van der Waals surface area contributed by atoms with Gasteiger partial charge in [0.05, 0.1) is 4.90 Å². The van der Waals surface area contributed by atoms with Crippen molar-refractivity contribution >= 4 is 34.6 Å². The van der Waals surface area contributed by atoms with Crippen LogP contribution < -0.4 is 10.5 Å². The summed E-state index contributed by atoms with van der Waals surface area (Å²) in [6, 6.07) is 19.4. The van der Waals surface area contributed by atoms with Crippen molar-refractivity contribution in [2.75, 3.05) is 19.3 Å². The van der Waals surface area contributed by atoms with Crippen LogP contribution in [0.2, 0.25) is 0 Å². The van der Waals surface area contributed by atoms with Gasteiger partial charge in [0, 0.05) is 48.1 Å². The molecule has 0 atom stereocenters. The molecule has 0 saturated carbocycles. The highest BCUT2D eigenvalue weighted by Crippen LogP contribution is 2.40. The number of thioether (sulfide) groups is 1. The summed E-state index contributed by atoms with van der Waals surface area (Å²) >= 11 is 1.38. The summed E-state index contributed by atoms with van der Waals surface area (Å²) in [5.41, 5.74) is 7.61. The van der Waals surface area contributed by atoms with E-state index in [2.05, 4.69) is 4.98 Å². The topological polar surface area (TPSA) is 104 Å². The number of rotatable bonds is 9. The lowest BCUT2D eigenvalue weighted by molar-refractivity contribution is 0.107. The summed E-state index contributed by atoms with van der Waals surface area (Å²) in [4.78, 5) is 17.5. The van der Waals surface area contributed by atoms with Gasteiger partial charge in [-0.05, 0) is 23.8 Å². The van der Waals surface area contributed by atoms with Crippen molar-refractivity contribution in [1.82, 2.24) is 9.88 Å². The Bertz CT molecular complexity index is 1340. The number of hydrogen-bond donors (Lipinski definition) is 3. The number of aromatic amines is 1. The molecule has 0 fully saturated rings. The second-order valence-electron chi connectivity index (χ2n) is 7.81. The molecule has 0 aliphatic heterocycles. The number of carbonyl (C=O) groups is 1. The number of H-pyrrole nitrogens is 1. The summed E-state index contributed by atoms with van der Waals surface area (Å²) < 4.78 is 26.4. The molecular weight excluding hydrogens is 467 g/mol. The number of nitrogens with two attached hydrogens (primary N) is 1. The molecule has 9 heteroatoms. The number of nitrogens with zero attached hydrogens (tertiary/aromatic N) is 1. The number of benzene rings is 3. The lowest BCUT2D eigenvalue weighted by Gasteiger charge is -2.18. The van der Waals surface area contributed by atoms with Gasteiger partial charge >= 0.3 is 6.09 Å². The number of ether oxygens (including phenoxy) is 2. The lowest BCUT2D eigenvalue weighted by Crippen LogP contribution is -2.29. The van der Waals surface area contributed by atoms with Crippen molar-refractivity contribution in [1.29, 1.82) is 5.41 Å². The van der Waals surface area contributed by atoms with E-state index in [-0.39, 0.29) is 18.2 Å². The van der Waals surface area contributed by atoms with Crippen LogP contribution in [0.3, 0.4) is 0 Å². The van der Waals surface area contributed by atoms with Crippen LogP contribution in [0, 0.1) is 11.2 Å². The zero-order chi connectivity index (χ0) is 24.8. The first-order valence-corrected chi connectivity index (χ1v) is 11.9. The van der Waals surface area contributed by atoms with E-state index in [0.717, 1.165) is 10.9 Å². The molecule has 0 bridgehead atoms. The molecule has 4 rings (SSSR count). The lowest BCUT2D eigenvalue weighted by atomic mass is 10.2. The first kappa shape index (κ1) is 24.2. The van der Waals surface area contributed by atoms with Crippen molar-refractivity contribution in [3.05, 3.63) is 89.9 Å². The molecule has 1 amide bonds. The largest absolute Gasteiger partial charge is 0.453 e. The van der Waals surface area contributed by atoms with Crippen LogP contribution in [-0.4, -0.2) is 41.2 Å². The minimum Gasteiger partial charge on any atom is -0.453 e. The van der Waals surface area contributed by atoms with Crippen molar-refractivity contribution in [3.8, 4) is 11.5 Å². The molecule has 0 radical (unpaired) electrons. The van der Waals surface area contributed by atoms with Crippen LogP contribution in [-0.2, 0) is 11.3 Å². The number of nitrogens with one attached hydrogen (secondary N) is 2. The summed E-state index contributed by atoms with van der Waals surface area (Å²) in [6.45, 7) is 0.586. The van der Waals surface area contributed by atoms with Gasteiger partial charge < -0.3 is 25.1 Å².